The van der Waals surface area contributed by atoms with Gasteiger partial charge in [-0.1, -0.05) is 0 Å². The lowest BCUT2D eigenvalue weighted by Crippen LogP contribution is -2.25. The number of ether oxygens (including phenoxy) is 1. The van der Waals surface area contributed by atoms with Crippen molar-refractivity contribution in [2.24, 2.45) is 0 Å². The van der Waals surface area contributed by atoms with E-state index in [0.29, 0.717) is 0 Å². The molecule has 12 heteroatoms. The van der Waals surface area contributed by atoms with E-state index < -0.39 is 40.1 Å². The Hall–Kier alpha value is -3.70. The Morgan fingerprint density at radius 3 is 1.70 bits per heavy atom. The lowest BCUT2D eigenvalue weighted by Gasteiger charge is -1.95. The maximum Gasteiger partial charge on any atom is 0.354 e. The van der Waals surface area contributed by atoms with Crippen LogP contribution in [0.25, 0.3) is 0 Å². The molecule has 5 N–H and O–H groups in total. The molecule has 23 heavy (non-hydrogen) atoms. The Kier molecular flexibility index (Phi) is 5.54. The van der Waals surface area contributed by atoms with Crippen LogP contribution >= 0.6 is 0 Å². The Bertz CT molecular complexity index is 891. The van der Waals surface area contributed by atoms with E-state index in [4.69, 9.17) is 5.11 Å². The lowest BCUT2D eigenvalue weighted by molar-refractivity contribution is 0.0592. The first-order valence-corrected chi connectivity index (χ1v) is 5.72. The van der Waals surface area contributed by atoms with Gasteiger partial charge in [0.2, 0.25) is 0 Å². The van der Waals surface area contributed by atoms with Gasteiger partial charge < -0.3 is 19.8 Å². The number of carbonyl (C=O) groups excluding carboxylic acids is 1. The SMILES string of the molecule is COC(=O)c1cc(=O)[nH]c(=O)[nH]1.O=C(O)c1cc(=O)[nH]c(=O)[nH]1. The van der Waals surface area contributed by atoms with Crippen molar-refractivity contribution in [1.82, 2.24) is 19.9 Å². The third-order valence-electron chi connectivity index (χ3n) is 2.16. The molecule has 2 aromatic heterocycles. The number of aromatic carboxylic acids is 1. The van der Waals surface area contributed by atoms with Gasteiger partial charge in [-0.2, -0.15) is 0 Å². The predicted octanol–water partition coefficient (Wildman–Crippen LogP) is -2.39. The summed E-state index contributed by atoms with van der Waals surface area (Å²) in [6.45, 7) is 0. The van der Waals surface area contributed by atoms with Crippen molar-refractivity contribution >= 4 is 11.9 Å². The van der Waals surface area contributed by atoms with E-state index in [9.17, 15) is 28.8 Å². The second-order valence-corrected chi connectivity index (χ2v) is 3.80. The molecule has 0 unspecified atom stereocenters. The molecule has 0 radical (unpaired) electrons. The van der Waals surface area contributed by atoms with Crippen LogP contribution in [-0.2, 0) is 4.74 Å². The number of esters is 1. The number of hydrogen-bond acceptors (Lipinski definition) is 7. The van der Waals surface area contributed by atoms with Gasteiger partial charge in [0.25, 0.3) is 11.1 Å². The van der Waals surface area contributed by atoms with Crippen LogP contribution in [0.2, 0.25) is 0 Å². The fraction of sp³-hybridized carbons (Fsp3) is 0.0909. The first-order chi connectivity index (χ1) is 10.7. The summed E-state index contributed by atoms with van der Waals surface area (Å²) in [7, 11) is 1.15. The van der Waals surface area contributed by atoms with Crippen LogP contribution < -0.4 is 22.5 Å². The van der Waals surface area contributed by atoms with Gasteiger partial charge in [-0.25, -0.2) is 19.2 Å². The van der Waals surface area contributed by atoms with E-state index in [1.165, 1.54) is 0 Å². The zero-order valence-corrected chi connectivity index (χ0v) is 11.5. The zero-order valence-electron chi connectivity index (χ0n) is 11.5. The summed E-state index contributed by atoms with van der Waals surface area (Å²) < 4.78 is 4.28. The minimum absolute atomic E-state index is 0.161. The van der Waals surface area contributed by atoms with Crippen LogP contribution in [0.3, 0.4) is 0 Å². The van der Waals surface area contributed by atoms with Crippen molar-refractivity contribution in [3.8, 4) is 0 Å². The molecule has 0 amide bonds. The maximum absolute atomic E-state index is 10.8. The molecule has 0 bridgehead atoms. The smallest absolute Gasteiger partial charge is 0.354 e. The van der Waals surface area contributed by atoms with Crippen molar-refractivity contribution in [2.45, 2.75) is 0 Å². The maximum atomic E-state index is 10.8. The summed E-state index contributed by atoms with van der Waals surface area (Å²) >= 11 is 0. The number of rotatable bonds is 2. The van der Waals surface area contributed by atoms with Gasteiger partial charge in [-0.15, -0.1) is 0 Å². The van der Waals surface area contributed by atoms with E-state index in [2.05, 4.69) is 9.72 Å². The van der Waals surface area contributed by atoms with Crippen LogP contribution in [0.1, 0.15) is 21.0 Å². The van der Waals surface area contributed by atoms with Crippen LogP contribution in [0.15, 0.2) is 31.3 Å². The number of methoxy groups -OCH3 is 1. The molecule has 2 heterocycles. The summed E-state index contributed by atoms with van der Waals surface area (Å²) in [4.78, 5) is 70.9. The number of carbonyl (C=O) groups is 2. The number of aromatic amines is 4. The quantitative estimate of drug-likeness (QED) is 0.377. The van der Waals surface area contributed by atoms with E-state index >= 15 is 0 Å². The fourth-order valence-electron chi connectivity index (χ4n) is 1.27. The highest BCUT2D eigenvalue weighted by Gasteiger charge is 2.06. The van der Waals surface area contributed by atoms with Gasteiger partial charge in [0.15, 0.2) is 0 Å². The molecule has 0 spiro atoms. The van der Waals surface area contributed by atoms with Crippen LogP contribution in [0.4, 0.5) is 0 Å². The highest BCUT2D eigenvalue weighted by molar-refractivity contribution is 5.86. The molecule has 0 saturated carbocycles. The number of hydrogen-bond donors (Lipinski definition) is 5. The number of nitrogens with one attached hydrogen (secondary N) is 4. The zero-order chi connectivity index (χ0) is 17.6. The highest BCUT2D eigenvalue weighted by atomic mass is 16.5. The standard InChI is InChI=1S/C6H6N2O4.C5H4N2O4/c1-12-5(10)3-2-4(9)8-6(11)7-3;8-3-1-2(4(9)10)6-5(11)7-3/h2H,1H3,(H2,7,8,9,11);1H,(H,9,10)(H2,6,7,8,11). The molecule has 0 fully saturated rings. The van der Waals surface area contributed by atoms with Crippen molar-refractivity contribution in [1.29, 1.82) is 0 Å². The van der Waals surface area contributed by atoms with Crippen molar-refractivity contribution < 1.29 is 19.4 Å². The van der Waals surface area contributed by atoms with E-state index in [1.807, 2.05) is 15.0 Å². The number of H-pyrrole nitrogens is 4. The molecule has 2 aromatic rings. The van der Waals surface area contributed by atoms with Gasteiger partial charge in [0, 0.05) is 12.1 Å². The molecular formula is C11H10N4O8. The number of carboxylic acid groups (broad SMARTS) is 1. The first kappa shape index (κ1) is 17.4. The largest absolute Gasteiger partial charge is 0.477 e. The summed E-state index contributed by atoms with van der Waals surface area (Å²) in [5.74, 6) is -2.09. The minimum atomic E-state index is -1.34. The van der Waals surface area contributed by atoms with Crippen LogP contribution in [0.5, 0.6) is 0 Å². The van der Waals surface area contributed by atoms with Crippen LogP contribution in [0, 0.1) is 0 Å². The van der Waals surface area contributed by atoms with E-state index in [0.717, 1.165) is 19.2 Å². The third kappa shape index (κ3) is 5.30. The summed E-state index contributed by atoms with van der Waals surface area (Å²) in [5.41, 5.74) is -3.51. The van der Waals surface area contributed by atoms with Crippen molar-refractivity contribution in [3.63, 3.8) is 0 Å². The molecule has 12 nitrogen and oxygen atoms in total. The Morgan fingerprint density at radius 1 is 0.870 bits per heavy atom. The van der Waals surface area contributed by atoms with Gasteiger partial charge >= 0.3 is 23.3 Å². The van der Waals surface area contributed by atoms with Crippen molar-refractivity contribution in [2.75, 3.05) is 7.11 Å². The van der Waals surface area contributed by atoms with Gasteiger partial charge in [0.1, 0.15) is 11.4 Å². The number of aromatic nitrogens is 4. The molecule has 0 saturated heterocycles. The Labute approximate surface area is 124 Å². The van der Waals surface area contributed by atoms with E-state index in [1.54, 1.807) is 0 Å². The third-order valence-corrected chi connectivity index (χ3v) is 2.16. The molecule has 0 aliphatic heterocycles. The minimum Gasteiger partial charge on any atom is -0.477 e. The molecule has 0 aliphatic carbocycles. The summed E-state index contributed by atoms with van der Waals surface area (Å²) in [5, 5.41) is 8.31. The average molecular weight is 326 g/mol. The van der Waals surface area contributed by atoms with E-state index in [-0.39, 0.29) is 5.69 Å². The van der Waals surface area contributed by atoms with Crippen molar-refractivity contribution in [3.05, 3.63) is 65.2 Å². The highest BCUT2D eigenvalue weighted by Crippen LogP contribution is 1.87. The molecule has 122 valence electrons. The average Bonchev–Trinajstić information content (AvgIpc) is 2.45. The van der Waals surface area contributed by atoms with Gasteiger partial charge in [-0.3, -0.25) is 19.6 Å². The Balaban J connectivity index is 0.000000231. The second-order valence-electron chi connectivity index (χ2n) is 3.80. The molecule has 0 aromatic carbocycles. The molecular weight excluding hydrogens is 316 g/mol. The normalized spacial score (nSPS) is 9.43. The van der Waals surface area contributed by atoms with Crippen LogP contribution in [-0.4, -0.2) is 44.1 Å². The van der Waals surface area contributed by atoms with Gasteiger partial charge in [-0.05, 0) is 0 Å². The monoisotopic (exact) mass is 326 g/mol. The molecule has 0 atom stereocenters. The summed E-state index contributed by atoms with van der Waals surface area (Å²) in [6, 6.07) is 1.75. The molecule has 0 aliphatic rings. The predicted molar refractivity (Wildman–Crippen MR) is 73.7 cm³/mol. The molecule has 2 rings (SSSR count). The topological polar surface area (TPSA) is 195 Å². The second kappa shape index (κ2) is 7.35. The summed E-state index contributed by atoms with van der Waals surface area (Å²) in [6.07, 6.45) is 0. The lowest BCUT2D eigenvalue weighted by atomic mass is 10.4. The first-order valence-electron chi connectivity index (χ1n) is 5.72. The fourth-order valence-corrected chi connectivity index (χ4v) is 1.27. The van der Waals surface area contributed by atoms with Gasteiger partial charge in [0.05, 0.1) is 7.11 Å². The Morgan fingerprint density at radius 2 is 1.30 bits per heavy atom. The number of carboxylic acids is 1.